The van der Waals surface area contributed by atoms with Crippen LogP contribution in [0.5, 0.6) is 0 Å². The molecule has 1 fully saturated rings. The summed E-state index contributed by atoms with van der Waals surface area (Å²) in [5, 5.41) is 0.222. The molecule has 1 amide bonds. The molecule has 0 spiro atoms. The highest BCUT2D eigenvalue weighted by molar-refractivity contribution is 6.32. The predicted octanol–water partition coefficient (Wildman–Crippen LogP) is 2.26. The number of halogens is 1. The Labute approximate surface area is 131 Å². The Morgan fingerprint density at radius 1 is 1.43 bits per heavy atom. The minimum absolute atomic E-state index is 0.0715. The zero-order valence-corrected chi connectivity index (χ0v) is 13.4. The Morgan fingerprint density at radius 3 is 2.62 bits per heavy atom. The van der Waals surface area contributed by atoms with Crippen molar-refractivity contribution in [3.8, 4) is 0 Å². The van der Waals surface area contributed by atoms with E-state index in [0.717, 1.165) is 39.0 Å². The van der Waals surface area contributed by atoms with E-state index < -0.39 is 0 Å². The van der Waals surface area contributed by atoms with Crippen LogP contribution in [0.2, 0.25) is 5.15 Å². The number of hydrogen-bond acceptors (Lipinski definition) is 4. The van der Waals surface area contributed by atoms with E-state index in [0.29, 0.717) is 17.3 Å². The SMILES string of the molecule is CCN(CC)C1CCN(C(=O)c2cc(N)cnc2Cl)CC1. The van der Waals surface area contributed by atoms with Gasteiger partial charge in [-0.1, -0.05) is 25.4 Å². The van der Waals surface area contributed by atoms with Crippen LogP contribution in [-0.4, -0.2) is 52.9 Å². The van der Waals surface area contributed by atoms with Crippen molar-refractivity contribution in [2.24, 2.45) is 0 Å². The number of likely N-dealkylation sites (tertiary alicyclic amines) is 1. The molecule has 1 aromatic rings. The fourth-order valence-electron chi connectivity index (χ4n) is 2.96. The van der Waals surface area contributed by atoms with Gasteiger partial charge in [-0.15, -0.1) is 0 Å². The monoisotopic (exact) mass is 310 g/mol. The van der Waals surface area contributed by atoms with Gasteiger partial charge < -0.3 is 15.5 Å². The van der Waals surface area contributed by atoms with Crippen molar-refractivity contribution < 1.29 is 4.79 Å². The van der Waals surface area contributed by atoms with Gasteiger partial charge in [-0.3, -0.25) is 4.79 Å². The Kier molecular flexibility index (Phi) is 5.42. The van der Waals surface area contributed by atoms with Gasteiger partial charge in [-0.05, 0) is 32.0 Å². The number of amides is 1. The summed E-state index contributed by atoms with van der Waals surface area (Å²) in [5.74, 6) is -0.0715. The number of nitrogens with two attached hydrogens (primary N) is 1. The van der Waals surface area contributed by atoms with Crippen molar-refractivity contribution in [1.29, 1.82) is 0 Å². The fourth-order valence-corrected chi connectivity index (χ4v) is 3.14. The fraction of sp³-hybridized carbons (Fsp3) is 0.600. The molecule has 21 heavy (non-hydrogen) atoms. The third-order valence-electron chi connectivity index (χ3n) is 4.17. The Balaban J connectivity index is 2.02. The number of carbonyl (C=O) groups is 1. The highest BCUT2D eigenvalue weighted by Crippen LogP contribution is 2.22. The highest BCUT2D eigenvalue weighted by atomic mass is 35.5. The molecule has 5 nitrogen and oxygen atoms in total. The molecule has 1 aromatic heterocycles. The van der Waals surface area contributed by atoms with Gasteiger partial charge in [-0.2, -0.15) is 0 Å². The van der Waals surface area contributed by atoms with Crippen LogP contribution in [0.3, 0.4) is 0 Å². The molecule has 0 atom stereocenters. The van der Waals surface area contributed by atoms with Gasteiger partial charge in [0.15, 0.2) is 0 Å². The Hall–Kier alpha value is -1.33. The van der Waals surface area contributed by atoms with Crippen molar-refractivity contribution in [3.63, 3.8) is 0 Å². The number of rotatable bonds is 4. The second kappa shape index (κ2) is 7.09. The molecule has 2 rings (SSSR count). The number of carbonyl (C=O) groups excluding carboxylic acids is 1. The first kappa shape index (κ1) is 16.0. The van der Waals surface area contributed by atoms with E-state index in [1.165, 1.54) is 6.20 Å². The molecule has 0 radical (unpaired) electrons. The smallest absolute Gasteiger partial charge is 0.257 e. The summed E-state index contributed by atoms with van der Waals surface area (Å²) < 4.78 is 0. The molecule has 116 valence electrons. The maximum Gasteiger partial charge on any atom is 0.257 e. The van der Waals surface area contributed by atoms with Crippen molar-refractivity contribution in [1.82, 2.24) is 14.8 Å². The minimum Gasteiger partial charge on any atom is -0.397 e. The summed E-state index contributed by atoms with van der Waals surface area (Å²) in [6, 6.07) is 2.17. The van der Waals surface area contributed by atoms with Gasteiger partial charge in [0.1, 0.15) is 5.15 Å². The van der Waals surface area contributed by atoms with Gasteiger partial charge in [0.2, 0.25) is 0 Å². The molecular formula is C15H23ClN4O. The third-order valence-corrected chi connectivity index (χ3v) is 4.47. The van der Waals surface area contributed by atoms with Crippen LogP contribution in [0.25, 0.3) is 0 Å². The molecule has 1 aliphatic heterocycles. The van der Waals surface area contributed by atoms with Crippen LogP contribution in [0.1, 0.15) is 37.0 Å². The quantitative estimate of drug-likeness (QED) is 0.867. The molecule has 0 bridgehead atoms. The van der Waals surface area contributed by atoms with Crippen molar-refractivity contribution in [2.75, 3.05) is 31.9 Å². The molecule has 6 heteroatoms. The summed E-state index contributed by atoms with van der Waals surface area (Å²) in [6.07, 6.45) is 3.47. The standard InChI is InChI=1S/C15H23ClN4O/c1-3-19(4-2)12-5-7-20(8-6-12)15(21)13-9-11(17)10-18-14(13)16/h9-10,12H,3-8,17H2,1-2H3. The lowest BCUT2D eigenvalue weighted by Gasteiger charge is -2.37. The average Bonchev–Trinajstić information content (AvgIpc) is 2.51. The van der Waals surface area contributed by atoms with Crippen molar-refractivity contribution in [2.45, 2.75) is 32.7 Å². The molecule has 1 aliphatic rings. The zero-order valence-electron chi connectivity index (χ0n) is 12.7. The number of piperidine rings is 1. The minimum atomic E-state index is -0.0715. The number of nitrogen functional groups attached to an aromatic ring is 1. The molecule has 2 N–H and O–H groups in total. The number of pyridine rings is 1. The van der Waals surface area contributed by atoms with Crippen molar-refractivity contribution >= 4 is 23.2 Å². The summed E-state index contributed by atoms with van der Waals surface area (Å²) >= 11 is 6.01. The van der Waals surface area contributed by atoms with Crippen LogP contribution < -0.4 is 5.73 Å². The number of anilines is 1. The number of hydrogen-bond donors (Lipinski definition) is 1. The third kappa shape index (κ3) is 3.66. The van der Waals surface area contributed by atoms with Crippen LogP contribution in [0, 0.1) is 0 Å². The average molecular weight is 311 g/mol. The maximum absolute atomic E-state index is 12.5. The largest absolute Gasteiger partial charge is 0.397 e. The van der Waals surface area contributed by atoms with E-state index in [9.17, 15) is 4.79 Å². The molecule has 0 unspecified atom stereocenters. The normalized spacial score (nSPS) is 16.5. The molecule has 2 heterocycles. The van der Waals surface area contributed by atoms with Gasteiger partial charge in [0.25, 0.3) is 5.91 Å². The van der Waals surface area contributed by atoms with Gasteiger partial charge in [0.05, 0.1) is 17.4 Å². The van der Waals surface area contributed by atoms with E-state index in [-0.39, 0.29) is 11.1 Å². The maximum atomic E-state index is 12.5. The molecule has 0 saturated carbocycles. The molecule has 0 aliphatic carbocycles. The molecular weight excluding hydrogens is 288 g/mol. The first-order chi connectivity index (χ1) is 10.1. The van der Waals surface area contributed by atoms with Crippen LogP contribution in [0.15, 0.2) is 12.3 Å². The topological polar surface area (TPSA) is 62.5 Å². The van der Waals surface area contributed by atoms with Crippen LogP contribution in [-0.2, 0) is 0 Å². The summed E-state index contributed by atoms with van der Waals surface area (Å²) in [4.78, 5) is 20.8. The first-order valence-corrected chi connectivity index (χ1v) is 7.89. The molecule has 1 saturated heterocycles. The predicted molar refractivity (Wildman–Crippen MR) is 85.5 cm³/mol. The van der Waals surface area contributed by atoms with E-state index in [1.807, 2.05) is 4.90 Å². The van der Waals surface area contributed by atoms with Gasteiger partial charge >= 0.3 is 0 Å². The lowest BCUT2D eigenvalue weighted by molar-refractivity contribution is 0.0631. The highest BCUT2D eigenvalue weighted by Gasteiger charge is 2.27. The molecule has 0 aromatic carbocycles. The lowest BCUT2D eigenvalue weighted by Crippen LogP contribution is -2.46. The van der Waals surface area contributed by atoms with Crippen LogP contribution >= 0.6 is 11.6 Å². The summed E-state index contributed by atoms with van der Waals surface area (Å²) in [7, 11) is 0. The van der Waals surface area contributed by atoms with Gasteiger partial charge in [-0.25, -0.2) is 4.98 Å². The number of aromatic nitrogens is 1. The summed E-state index contributed by atoms with van der Waals surface area (Å²) in [5.41, 5.74) is 6.55. The Bertz CT molecular complexity index is 496. The zero-order chi connectivity index (χ0) is 15.4. The summed E-state index contributed by atoms with van der Waals surface area (Å²) in [6.45, 7) is 7.98. The lowest BCUT2D eigenvalue weighted by atomic mass is 10.0. The van der Waals surface area contributed by atoms with Gasteiger partial charge in [0, 0.05) is 19.1 Å². The van der Waals surface area contributed by atoms with E-state index >= 15 is 0 Å². The number of nitrogens with zero attached hydrogens (tertiary/aromatic N) is 3. The first-order valence-electron chi connectivity index (χ1n) is 7.51. The van der Waals surface area contributed by atoms with Crippen LogP contribution in [0.4, 0.5) is 5.69 Å². The Morgan fingerprint density at radius 2 is 2.05 bits per heavy atom. The van der Waals surface area contributed by atoms with Crippen molar-refractivity contribution in [3.05, 3.63) is 23.0 Å². The second-order valence-corrected chi connectivity index (χ2v) is 5.71. The second-order valence-electron chi connectivity index (χ2n) is 5.35. The van der Waals surface area contributed by atoms with E-state index in [2.05, 4.69) is 23.7 Å². The van der Waals surface area contributed by atoms with E-state index in [1.54, 1.807) is 6.07 Å². The van der Waals surface area contributed by atoms with E-state index in [4.69, 9.17) is 17.3 Å².